The third-order valence-electron chi connectivity index (χ3n) is 4.45. The van der Waals surface area contributed by atoms with Crippen LogP contribution >= 0.6 is 0 Å². The van der Waals surface area contributed by atoms with Crippen LogP contribution in [0.3, 0.4) is 0 Å². The van der Waals surface area contributed by atoms with Crippen LogP contribution in [0.4, 0.5) is 13.2 Å². The Balaban J connectivity index is 1.59. The van der Waals surface area contributed by atoms with Crippen molar-refractivity contribution < 1.29 is 22.7 Å². The zero-order valence-corrected chi connectivity index (χ0v) is 14.2. The average molecular weight is 363 g/mol. The van der Waals surface area contributed by atoms with Gasteiger partial charge in [0.1, 0.15) is 0 Å². The number of halogens is 3. The third kappa shape index (κ3) is 4.64. The van der Waals surface area contributed by atoms with Gasteiger partial charge in [-0.3, -0.25) is 4.79 Å². The van der Waals surface area contributed by atoms with Crippen molar-refractivity contribution in [1.29, 1.82) is 0 Å². The van der Waals surface area contributed by atoms with Gasteiger partial charge in [0, 0.05) is 18.7 Å². The number of likely N-dealkylation sites (tertiary alicyclic amines) is 1. The molecule has 0 aromatic heterocycles. The molecule has 3 nitrogen and oxygen atoms in total. The molecule has 2 aromatic rings. The number of alkyl halides is 3. The number of carbonyl (C=O) groups is 1. The second kappa shape index (κ2) is 7.91. The number of amides is 1. The fourth-order valence-corrected chi connectivity index (χ4v) is 3.03. The Kier molecular flexibility index (Phi) is 5.61. The summed E-state index contributed by atoms with van der Waals surface area (Å²) in [7, 11) is 0. The van der Waals surface area contributed by atoms with Crippen molar-refractivity contribution in [2.24, 2.45) is 0 Å². The van der Waals surface area contributed by atoms with Crippen molar-refractivity contribution in [3.63, 3.8) is 0 Å². The molecular weight excluding hydrogens is 343 g/mol. The highest BCUT2D eigenvalue weighted by Gasteiger charge is 2.31. The number of hydrogen-bond acceptors (Lipinski definition) is 2. The van der Waals surface area contributed by atoms with Crippen LogP contribution in [0.25, 0.3) is 0 Å². The second-order valence-corrected chi connectivity index (χ2v) is 6.39. The number of benzene rings is 2. The molecule has 0 radical (unpaired) electrons. The highest BCUT2D eigenvalue weighted by Crippen LogP contribution is 2.29. The van der Waals surface area contributed by atoms with E-state index in [1.807, 2.05) is 30.3 Å². The molecule has 0 aliphatic carbocycles. The molecule has 1 amide bonds. The van der Waals surface area contributed by atoms with Crippen molar-refractivity contribution >= 4 is 5.91 Å². The highest BCUT2D eigenvalue weighted by molar-refractivity contribution is 5.94. The lowest BCUT2D eigenvalue weighted by Crippen LogP contribution is -2.43. The smallest absolute Gasteiger partial charge is 0.372 e. The van der Waals surface area contributed by atoms with E-state index in [2.05, 4.69) is 0 Å². The molecule has 1 fully saturated rings. The lowest BCUT2D eigenvalue weighted by atomic mass is 10.1. The lowest BCUT2D eigenvalue weighted by Gasteiger charge is -2.32. The van der Waals surface area contributed by atoms with Crippen LogP contribution in [-0.2, 0) is 17.5 Å². The number of ether oxygens (including phenoxy) is 1. The van der Waals surface area contributed by atoms with Gasteiger partial charge in [-0.2, -0.15) is 13.2 Å². The molecule has 1 aliphatic rings. The summed E-state index contributed by atoms with van der Waals surface area (Å²) in [5.41, 5.74) is 0.581. The first kappa shape index (κ1) is 18.5. The molecule has 26 heavy (non-hydrogen) atoms. The van der Waals surface area contributed by atoms with Crippen LogP contribution < -0.4 is 0 Å². The van der Waals surface area contributed by atoms with Gasteiger partial charge in [0.05, 0.1) is 18.3 Å². The topological polar surface area (TPSA) is 29.5 Å². The summed E-state index contributed by atoms with van der Waals surface area (Å²) >= 11 is 0. The van der Waals surface area contributed by atoms with E-state index in [0.29, 0.717) is 19.7 Å². The molecule has 1 atom stereocenters. The monoisotopic (exact) mass is 363 g/mol. The van der Waals surface area contributed by atoms with Gasteiger partial charge < -0.3 is 9.64 Å². The molecule has 0 saturated carbocycles. The first-order chi connectivity index (χ1) is 12.4. The van der Waals surface area contributed by atoms with E-state index >= 15 is 0 Å². The fourth-order valence-electron chi connectivity index (χ4n) is 3.03. The molecule has 3 rings (SSSR count). The van der Waals surface area contributed by atoms with E-state index in [1.54, 1.807) is 4.90 Å². The molecule has 1 saturated heterocycles. The van der Waals surface area contributed by atoms with Gasteiger partial charge in [0.25, 0.3) is 5.91 Å². The molecule has 1 aliphatic heterocycles. The summed E-state index contributed by atoms with van der Waals surface area (Å²) in [6, 6.07) is 14.1. The summed E-state index contributed by atoms with van der Waals surface area (Å²) in [5, 5.41) is 0. The van der Waals surface area contributed by atoms with Crippen molar-refractivity contribution in [3.05, 3.63) is 71.3 Å². The minimum Gasteiger partial charge on any atom is -0.372 e. The van der Waals surface area contributed by atoms with Gasteiger partial charge in [-0.25, -0.2) is 0 Å². The first-order valence-electron chi connectivity index (χ1n) is 8.55. The Bertz CT molecular complexity index is 729. The van der Waals surface area contributed by atoms with Gasteiger partial charge >= 0.3 is 6.18 Å². The molecule has 2 aromatic carbocycles. The van der Waals surface area contributed by atoms with Crippen molar-refractivity contribution in [3.8, 4) is 0 Å². The molecule has 1 unspecified atom stereocenters. The normalized spacial score (nSPS) is 18.0. The van der Waals surface area contributed by atoms with Crippen molar-refractivity contribution in [2.45, 2.75) is 31.7 Å². The predicted octanol–water partition coefficient (Wildman–Crippen LogP) is 4.53. The van der Waals surface area contributed by atoms with Gasteiger partial charge in [0.15, 0.2) is 0 Å². The van der Waals surface area contributed by atoms with E-state index in [-0.39, 0.29) is 17.6 Å². The van der Waals surface area contributed by atoms with E-state index in [4.69, 9.17) is 4.74 Å². The number of hydrogen-bond donors (Lipinski definition) is 0. The van der Waals surface area contributed by atoms with Crippen molar-refractivity contribution in [1.82, 2.24) is 4.90 Å². The largest absolute Gasteiger partial charge is 0.416 e. The average Bonchev–Trinajstić information content (AvgIpc) is 2.66. The van der Waals surface area contributed by atoms with Crippen molar-refractivity contribution in [2.75, 3.05) is 13.1 Å². The lowest BCUT2D eigenvalue weighted by molar-refractivity contribution is -0.137. The number of rotatable bonds is 4. The summed E-state index contributed by atoms with van der Waals surface area (Å²) in [5.74, 6) is -0.258. The third-order valence-corrected chi connectivity index (χ3v) is 4.45. The Morgan fingerprint density at radius 1 is 1.08 bits per heavy atom. The Hall–Kier alpha value is -2.34. The molecular formula is C20H20F3NO2. The van der Waals surface area contributed by atoms with Crippen LogP contribution in [0.1, 0.15) is 34.3 Å². The SMILES string of the molecule is O=C(c1ccc(C(F)(F)F)cc1)N1CCCC(OCc2ccccc2)C1. The minimum atomic E-state index is -4.40. The highest BCUT2D eigenvalue weighted by atomic mass is 19.4. The minimum absolute atomic E-state index is 0.0673. The zero-order valence-electron chi connectivity index (χ0n) is 14.2. The predicted molar refractivity (Wildman–Crippen MR) is 91.6 cm³/mol. The van der Waals surface area contributed by atoms with Gasteiger partial charge in [-0.15, -0.1) is 0 Å². The standard InChI is InChI=1S/C20H20F3NO2/c21-20(22,23)17-10-8-16(9-11-17)19(25)24-12-4-7-18(13-24)26-14-15-5-2-1-3-6-15/h1-3,5-6,8-11,18H,4,7,12-14H2. The first-order valence-corrected chi connectivity index (χ1v) is 8.55. The molecule has 1 heterocycles. The second-order valence-electron chi connectivity index (χ2n) is 6.39. The summed E-state index contributed by atoms with van der Waals surface area (Å²) < 4.78 is 43.8. The van der Waals surface area contributed by atoms with Gasteiger partial charge in [-0.1, -0.05) is 30.3 Å². The number of piperidine rings is 1. The van der Waals surface area contributed by atoms with E-state index in [0.717, 1.165) is 30.5 Å². The number of nitrogens with zero attached hydrogens (tertiary/aromatic N) is 1. The van der Waals surface area contributed by atoms with Crippen LogP contribution in [0.5, 0.6) is 0 Å². The molecule has 6 heteroatoms. The van der Waals surface area contributed by atoms with Gasteiger partial charge in [0.2, 0.25) is 0 Å². The Morgan fingerprint density at radius 2 is 1.77 bits per heavy atom. The Morgan fingerprint density at radius 3 is 2.42 bits per heavy atom. The summed E-state index contributed by atoms with van der Waals surface area (Å²) in [4.78, 5) is 14.2. The maximum atomic E-state index is 12.6. The molecule has 138 valence electrons. The van der Waals surface area contributed by atoms with Crippen LogP contribution in [0.15, 0.2) is 54.6 Å². The maximum Gasteiger partial charge on any atom is 0.416 e. The summed E-state index contributed by atoms with van der Waals surface area (Å²) in [6.07, 6.45) is -2.79. The number of carbonyl (C=O) groups excluding carboxylic acids is 1. The van der Waals surface area contributed by atoms with E-state index in [9.17, 15) is 18.0 Å². The van der Waals surface area contributed by atoms with E-state index in [1.165, 1.54) is 12.1 Å². The van der Waals surface area contributed by atoms with Gasteiger partial charge in [-0.05, 0) is 42.7 Å². The molecule has 0 N–H and O–H groups in total. The van der Waals surface area contributed by atoms with Crippen LogP contribution in [0.2, 0.25) is 0 Å². The quantitative estimate of drug-likeness (QED) is 0.799. The fraction of sp³-hybridized carbons (Fsp3) is 0.350. The molecule has 0 bridgehead atoms. The summed E-state index contributed by atoms with van der Waals surface area (Å²) in [6.45, 7) is 1.52. The Labute approximate surface area is 150 Å². The van der Waals surface area contributed by atoms with Crippen LogP contribution in [0, 0.1) is 0 Å². The van der Waals surface area contributed by atoms with E-state index < -0.39 is 11.7 Å². The zero-order chi connectivity index (χ0) is 18.6. The maximum absolute atomic E-state index is 12.6. The molecule has 0 spiro atoms. The van der Waals surface area contributed by atoms with Crippen LogP contribution in [-0.4, -0.2) is 30.0 Å².